The Bertz CT molecular complexity index is 954. The minimum absolute atomic E-state index is 0.0451. The van der Waals surface area contributed by atoms with Gasteiger partial charge in [-0.1, -0.05) is 27.5 Å². The molecular formula is C17H12BrClN4O3. The lowest BCUT2D eigenvalue weighted by molar-refractivity contribution is -0.384. The van der Waals surface area contributed by atoms with Crippen LogP contribution in [-0.2, 0) is 4.79 Å². The number of amides is 1. The van der Waals surface area contributed by atoms with Gasteiger partial charge in [-0.05, 0) is 42.8 Å². The van der Waals surface area contributed by atoms with Crippen molar-refractivity contribution >= 4 is 50.5 Å². The van der Waals surface area contributed by atoms with Gasteiger partial charge in [-0.25, -0.2) is 0 Å². The molecule has 2 N–H and O–H groups in total. The molecule has 9 heteroatoms. The summed E-state index contributed by atoms with van der Waals surface area (Å²) in [6.07, 6.45) is 1.27. The Labute approximate surface area is 162 Å². The van der Waals surface area contributed by atoms with Gasteiger partial charge in [-0.2, -0.15) is 5.26 Å². The maximum Gasteiger partial charge on any atom is 0.289 e. The highest BCUT2D eigenvalue weighted by Crippen LogP contribution is 2.27. The molecule has 0 spiro atoms. The molecule has 0 fully saturated rings. The van der Waals surface area contributed by atoms with Gasteiger partial charge >= 0.3 is 0 Å². The van der Waals surface area contributed by atoms with Gasteiger partial charge in [0.1, 0.15) is 16.7 Å². The number of nitrogens with zero attached hydrogens (tertiary/aromatic N) is 2. The lowest BCUT2D eigenvalue weighted by Gasteiger charge is -2.07. The van der Waals surface area contributed by atoms with Gasteiger partial charge in [-0.15, -0.1) is 0 Å². The molecule has 1 amide bonds. The van der Waals surface area contributed by atoms with Crippen LogP contribution in [0.1, 0.15) is 5.56 Å². The highest BCUT2D eigenvalue weighted by molar-refractivity contribution is 9.10. The summed E-state index contributed by atoms with van der Waals surface area (Å²) in [6, 6.07) is 11.1. The summed E-state index contributed by atoms with van der Waals surface area (Å²) >= 11 is 9.11. The van der Waals surface area contributed by atoms with Crippen LogP contribution in [0.15, 0.2) is 52.6 Å². The third-order valence-electron chi connectivity index (χ3n) is 3.31. The SMILES string of the molecule is Cc1cc(N/C=C(/C#N)C(=O)Nc2ccc(Cl)c([N+](=O)[O-])c2)ccc1Br. The largest absolute Gasteiger partial charge is 0.360 e. The molecule has 0 heterocycles. The standard InChI is InChI=1S/C17H12BrClN4O3/c1-10-6-12(2-4-14(10)18)21-9-11(8-20)17(24)22-13-3-5-15(19)16(7-13)23(25)26/h2-7,9,21H,1H3,(H,22,24)/b11-9-. The van der Waals surface area contributed by atoms with Crippen molar-refractivity contribution in [2.75, 3.05) is 10.6 Å². The number of carbonyl (C=O) groups is 1. The average Bonchev–Trinajstić information content (AvgIpc) is 2.60. The molecule has 0 aromatic heterocycles. The van der Waals surface area contributed by atoms with Gasteiger partial charge in [0.15, 0.2) is 0 Å². The van der Waals surface area contributed by atoms with E-state index in [0.29, 0.717) is 5.69 Å². The maximum absolute atomic E-state index is 12.2. The highest BCUT2D eigenvalue weighted by atomic mass is 79.9. The highest BCUT2D eigenvalue weighted by Gasteiger charge is 2.15. The first-order chi connectivity index (χ1) is 12.3. The summed E-state index contributed by atoms with van der Waals surface area (Å²) in [7, 11) is 0. The smallest absolute Gasteiger partial charge is 0.289 e. The predicted octanol–water partition coefficient (Wildman–Crippen LogP) is 4.78. The van der Waals surface area contributed by atoms with Gasteiger partial charge in [0.2, 0.25) is 0 Å². The summed E-state index contributed by atoms with van der Waals surface area (Å²) in [5.74, 6) is -0.703. The van der Waals surface area contributed by atoms with Crippen LogP contribution in [0.3, 0.4) is 0 Å². The number of halogens is 2. The Morgan fingerprint density at radius 2 is 2.00 bits per heavy atom. The normalized spacial score (nSPS) is 10.8. The summed E-state index contributed by atoms with van der Waals surface area (Å²) in [5.41, 5.74) is 1.32. The van der Waals surface area contributed by atoms with Crippen LogP contribution in [0, 0.1) is 28.4 Å². The van der Waals surface area contributed by atoms with Crippen LogP contribution in [0.4, 0.5) is 17.1 Å². The molecule has 7 nitrogen and oxygen atoms in total. The fourth-order valence-electron chi connectivity index (χ4n) is 1.97. The maximum atomic E-state index is 12.2. The van der Waals surface area contributed by atoms with Gasteiger partial charge in [0, 0.05) is 28.1 Å². The van der Waals surface area contributed by atoms with E-state index in [-0.39, 0.29) is 22.0 Å². The molecule has 132 valence electrons. The van der Waals surface area contributed by atoms with Crippen molar-refractivity contribution in [3.8, 4) is 6.07 Å². The number of nitrogens with one attached hydrogen (secondary N) is 2. The Balaban J connectivity index is 2.16. The quantitative estimate of drug-likeness (QED) is 0.304. The Morgan fingerprint density at radius 3 is 2.62 bits per heavy atom. The number of nitro benzene ring substituents is 1. The van der Waals surface area contributed by atoms with Crippen molar-refractivity contribution < 1.29 is 9.72 Å². The van der Waals surface area contributed by atoms with Crippen LogP contribution in [0.25, 0.3) is 0 Å². The van der Waals surface area contributed by atoms with E-state index in [0.717, 1.165) is 16.1 Å². The zero-order chi connectivity index (χ0) is 19.3. The van der Waals surface area contributed by atoms with E-state index in [1.165, 1.54) is 18.3 Å². The second kappa shape index (κ2) is 8.47. The van der Waals surface area contributed by atoms with Crippen molar-refractivity contribution in [3.05, 3.63) is 73.3 Å². The van der Waals surface area contributed by atoms with Gasteiger partial charge in [0.25, 0.3) is 11.6 Å². The first-order valence-electron chi connectivity index (χ1n) is 7.20. The number of anilines is 2. The summed E-state index contributed by atoms with van der Waals surface area (Å²) < 4.78 is 0.939. The van der Waals surface area contributed by atoms with Crippen LogP contribution in [0.5, 0.6) is 0 Å². The second-order valence-corrected chi connectivity index (χ2v) is 6.42. The van der Waals surface area contributed by atoms with Crippen molar-refractivity contribution in [2.45, 2.75) is 6.92 Å². The molecule has 0 aliphatic rings. The Morgan fingerprint density at radius 1 is 1.31 bits per heavy atom. The average molecular weight is 436 g/mol. The van der Waals surface area contributed by atoms with Crippen LogP contribution < -0.4 is 10.6 Å². The van der Waals surface area contributed by atoms with Gasteiger partial charge in [0.05, 0.1) is 4.92 Å². The lowest BCUT2D eigenvalue weighted by atomic mass is 10.2. The van der Waals surface area contributed by atoms with Crippen LogP contribution >= 0.6 is 27.5 Å². The number of hydrogen-bond donors (Lipinski definition) is 2. The van der Waals surface area contributed by atoms with E-state index in [1.54, 1.807) is 12.1 Å². The minimum Gasteiger partial charge on any atom is -0.360 e. The van der Waals surface area contributed by atoms with Crippen molar-refractivity contribution in [3.63, 3.8) is 0 Å². The number of nitro groups is 1. The molecular weight excluding hydrogens is 424 g/mol. The summed E-state index contributed by atoms with van der Waals surface area (Å²) in [6.45, 7) is 1.91. The molecule has 2 aromatic carbocycles. The lowest BCUT2D eigenvalue weighted by Crippen LogP contribution is -2.14. The molecule has 0 bridgehead atoms. The first-order valence-corrected chi connectivity index (χ1v) is 8.37. The second-order valence-electron chi connectivity index (χ2n) is 5.16. The van der Waals surface area contributed by atoms with E-state index in [1.807, 2.05) is 19.1 Å². The third-order valence-corrected chi connectivity index (χ3v) is 4.52. The number of aryl methyl sites for hydroxylation is 1. The number of rotatable bonds is 5. The van der Waals surface area contributed by atoms with Crippen molar-refractivity contribution in [1.82, 2.24) is 0 Å². The van der Waals surface area contributed by atoms with Gasteiger partial charge in [-0.3, -0.25) is 14.9 Å². The minimum atomic E-state index is -0.703. The Kier molecular flexibility index (Phi) is 6.33. The van der Waals surface area contributed by atoms with E-state index < -0.39 is 10.8 Å². The van der Waals surface area contributed by atoms with Crippen LogP contribution in [-0.4, -0.2) is 10.8 Å². The zero-order valence-electron chi connectivity index (χ0n) is 13.4. The molecule has 0 atom stereocenters. The van der Waals surface area contributed by atoms with Gasteiger partial charge < -0.3 is 10.6 Å². The third kappa shape index (κ3) is 4.81. The fourth-order valence-corrected chi connectivity index (χ4v) is 2.40. The predicted molar refractivity (Wildman–Crippen MR) is 103 cm³/mol. The summed E-state index contributed by atoms with van der Waals surface area (Å²) in [4.78, 5) is 22.4. The van der Waals surface area contributed by atoms with Crippen molar-refractivity contribution in [2.24, 2.45) is 0 Å². The number of benzene rings is 2. The molecule has 0 radical (unpaired) electrons. The van der Waals surface area contributed by atoms with E-state index in [4.69, 9.17) is 11.6 Å². The molecule has 0 unspecified atom stereocenters. The Hall–Kier alpha value is -2.89. The first kappa shape index (κ1) is 19.4. The topological polar surface area (TPSA) is 108 Å². The molecule has 2 aromatic rings. The zero-order valence-corrected chi connectivity index (χ0v) is 15.8. The molecule has 0 aliphatic heterocycles. The molecule has 0 saturated carbocycles. The van der Waals surface area contributed by atoms with E-state index in [9.17, 15) is 20.2 Å². The van der Waals surface area contributed by atoms with E-state index >= 15 is 0 Å². The number of carbonyl (C=O) groups excluding carboxylic acids is 1. The summed E-state index contributed by atoms with van der Waals surface area (Å²) in [5, 5.41) is 25.3. The molecule has 0 saturated heterocycles. The number of nitriles is 1. The number of hydrogen-bond acceptors (Lipinski definition) is 5. The fraction of sp³-hybridized carbons (Fsp3) is 0.0588. The van der Waals surface area contributed by atoms with Crippen LogP contribution in [0.2, 0.25) is 5.02 Å². The molecule has 0 aliphatic carbocycles. The monoisotopic (exact) mass is 434 g/mol. The van der Waals surface area contributed by atoms with Crippen molar-refractivity contribution in [1.29, 1.82) is 5.26 Å². The van der Waals surface area contributed by atoms with E-state index in [2.05, 4.69) is 26.6 Å². The molecule has 26 heavy (non-hydrogen) atoms. The molecule has 2 rings (SSSR count).